The van der Waals surface area contributed by atoms with Gasteiger partial charge in [-0.15, -0.1) is 0 Å². The van der Waals surface area contributed by atoms with Crippen molar-refractivity contribution in [3.63, 3.8) is 0 Å². The molecule has 0 amide bonds. The van der Waals surface area contributed by atoms with E-state index in [9.17, 15) is 14.7 Å². The minimum Gasteiger partial charge on any atom is -0.388 e. The molecule has 5 heteroatoms. The third-order valence-electron chi connectivity index (χ3n) is 9.37. The number of fused-ring (bicyclic) bond motifs is 5. The van der Waals surface area contributed by atoms with Crippen LogP contribution in [0.25, 0.3) is 0 Å². The quantitative estimate of drug-likeness (QED) is 0.705. The number of hydrogen-bond donors (Lipinski definition) is 1. The molecule has 0 radical (unpaired) electrons. The zero-order valence-corrected chi connectivity index (χ0v) is 18.3. The van der Waals surface area contributed by atoms with Gasteiger partial charge in [0.05, 0.1) is 0 Å². The van der Waals surface area contributed by atoms with Crippen molar-refractivity contribution in [3.8, 4) is 0 Å². The molecule has 3 fully saturated rings. The van der Waals surface area contributed by atoms with Gasteiger partial charge in [0.25, 0.3) is 0 Å². The fourth-order valence-corrected chi connectivity index (χ4v) is 7.73. The van der Waals surface area contributed by atoms with Crippen molar-refractivity contribution in [1.82, 2.24) is 0 Å². The number of rotatable bonds is 5. The molecule has 0 aromatic rings. The number of methoxy groups -OCH3 is 1. The summed E-state index contributed by atoms with van der Waals surface area (Å²) in [6.07, 6.45) is 8.72. The standard InChI is InChI=1S/C24H36O5/c1-15(28-4)29-24(21(27)14-25)12-9-20-18-6-5-16-13-17(26)7-10-22(16,2)19(18)8-11-23(20,24)3/h13,15,18-20,25H,5-12,14H2,1-4H3/t15-,18+,19-,20-,22-,23-,24-/m0/s1. The van der Waals surface area contributed by atoms with Crippen LogP contribution in [0.1, 0.15) is 72.1 Å². The van der Waals surface area contributed by atoms with Crippen molar-refractivity contribution in [3.05, 3.63) is 11.6 Å². The van der Waals surface area contributed by atoms with Gasteiger partial charge in [0, 0.05) is 18.9 Å². The molecule has 0 heterocycles. The van der Waals surface area contributed by atoms with Crippen LogP contribution in [0.15, 0.2) is 11.6 Å². The number of Topliss-reactive ketones (excluding diaryl/α,β-unsaturated/α-hetero) is 1. The summed E-state index contributed by atoms with van der Waals surface area (Å²) in [5.74, 6) is 1.59. The molecule has 0 saturated heterocycles. The van der Waals surface area contributed by atoms with Crippen molar-refractivity contribution < 1.29 is 24.2 Å². The highest BCUT2D eigenvalue weighted by Crippen LogP contribution is 2.68. The number of allylic oxidation sites excluding steroid dienone is 1. The van der Waals surface area contributed by atoms with Gasteiger partial charge in [-0.25, -0.2) is 0 Å². The Bertz CT molecular complexity index is 729. The van der Waals surface area contributed by atoms with Crippen molar-refractivity contribution >= 4 is 11.6 Å². The minimum absolute atomic E-state index is 0.116. The van der Waals surface area contributed by atoms with Crippen molar-refractivity contribution in [2.75, 3.05) is 13.7 Å². The lowest BCUT2D eigenvalue weighted by Gasteiger charge is -2.59. The fourth-order valence-electron chi connectivity index (χ4n) is 7.73. The predicted molar refractivity (Wildman–Crippen MR) is 109 cm³/mol. The van der Waals surface area contributed by atoms with Gasteiger partial charge in [0.15, 0.2) is 17.9 Å². The minimum atomic E-state index is -0.966. The van der Waals surface area contributed by atoms with E-state index in [4.69, 9.17) is 9.47 Å². The summed E-state index contributed by atoms with van der Waals surface area (Å²) in [5.41, 5.74) is 0.221. The Kier molecular flexibility index (Phi) is 5.32. The molecule has 0 spiro atoms. The summed E-state index contributed by atoms with van der Waals surface area (Å²) in [4.78, 5) is 25.1. The number of ketones is 2. The largest absolute Gasteiger partial charge is 0.388 e. The molecule has 4 aliphatic carbocycles. The second-order valence-corrected chi connectivity index (χ2v) is 10.3. The van der Waals surface area contributed by atoms with Gasteiger partial charge < -0.3 is 14.6 Å². The Hall–Kier alpha value is -1.04. The monoisotopic (exact) mass is 404 g/mol. The molecule has 4 rings (SSSR count). The van der Waals surface area contributed by atoms with E-state index in [0.717, 1.165) is 38.5 Å². The van der Waals surface area contributed by atoms with E-state index < -0.39 is 18.5 Å². The molecular weight excluding hydrogens is 368 g/mol. The lowest BCUT2D eigenvalue weighted by Crippen LogP contribution is -2.60. The highest BCUT2D eigenvalue weighted by atomic mass is 16.7. The van der Waals surface area contributed by atoms with E-state index in [1.54, 1.807) is 7.11 Å². The molecule has 0 aromatic heterocycles. The molecule has 0 bridgehead atoms. The fraction of sp³-hybridized carbons (Fsp3) is 0.833. The van der Waals surface area contributed by atoms with Gasteiger partial charge in [-0.05, 0) is 81.1 Å². The van der Waals surface area contributed by atoms with Crippen LogP contribution in [0.4, 0.5) is 0 Å². The Balaban J connectivity index is 1.69. The normalized spacial score (nSPS) is 45.1. The number of carbonyl (C=O) groups excluding carboxylic acids is 2. The summed E-state index contributed by atoms with van der Waals surface area (Å²) in [6.45, 7) is 5.93. The molecule has 0 aliphatic heterocycles. The molecule has 5 nitrogen and oxygen atoms in total. The smallest absolute Gasteiger partial charge is 0.190 e. The van der Waals surface area contributed by atoms with Crippen LogP contribution in [0, 0.1) is 28.6 Å². The first-order valence-corrected chi connectivity index (χ1v) is 11.3. The van der Waals surface area contributed by atoms with Gasteiger partial charge in [0.1, 0.15) is 12.2 Å². The van der Waals surface area contributed by atoms with Gasteiger partial charge in [-0.1, -0.05) is 19.4 Å². The van der Waals surface area contributed by atoms with E-state index in [2.05, 4.69) is 13.8 Å². The van der Waals surface area contributed by atoms with Crippen LogP contribution in [-0.4, -0.2) is 42.3 Å². The molecular formula is C24H36O5. The SMILES string of the molecule is CO[C@H](C)O[C@]1(C(=O)CO)CC[C@H]2[C@@H]3CCC4=CC(=O)CC[C@]4(C)[C@H]3CC[C@@]21C. The first kappa shape index (κ1) is 21.2. The van der Waals surface area contributed by atoms with Crippen molar-refractivity contribution in [2.24, 2.45) is 28.6 Å². The summed E-state index contributed by atoms with van der Waals surface area (Å²) in [6, 6.07) is 0. The van der Waals surface area contributed by atoms with Crippen LogP contribution in [-0.2, 0) is 19.1 Å². The summed E-state index contributed by atoms with van der Waals surface area (Å²) >= 11 is 0. The Morgan fingerprint density at radius 1 is 1.17 bits per heavy atom. The Morgan fingerprint density at radius 3 is 2.59 bits per heavy atom. The van der Waals surface area contributed by atoms with E-state index in [-0.39, 0.29) is 22.4 Å². The Labute approximate surface area is 174 Å². The van der Waals surface area contributed by atoms with E-state index >= 15 is 0 Å². The number of aliphatic hydroxyl groups excluding tert-OH is 1. The molecule has 1 N–H and O–H groups in total. The number of ether oxygens (including phenoxy) is 2. The maximum Gasteiger partial charge on any atom is 0.190 e. The van der Waals surface area contributed by atoms with Crippen molar-refractivity contribution in [1.29, 1.82) is 0 Å². The van der Waals surface area contributed by atoms with Gasteiger partial charge in [-0.3, -0.25) is 9.59 Å². The number of aliphatic hydroxyl groups is 1. The van der Waals surface area contributed by atoms with Gasteiger partial charge in [0.2, 0.25) is 0 Å². The molecule has 0 aromatic carbocycles. The third kappa shape index (κ3) is 2.91. The molecule has 3 saturated carbocycles. The van der Waals surface area contributed by atoms with Gasteiger partial charge >= 0.3 is 0 Å². The highest BCUT2D eigenvalue weighted by molar-refractivity contribution is 5.91. The number of hydrogen-bond acceptors (Lipinski definition) is 5. The van der Waals surface area contributed by atoms with Crippen LogP contribution in [0.5, 0.6) is 0 Å². The topological polar surface area (TPSA) is 72.8 Å². The molecule has 29 heavy (non-hydrogen) atoms. The third-order valence-corrected chi connectivity index (χ3v) is 9.37. The highest BCUT2D eigenvalue weighted by Gasteiger charge is 2.67. The van der Waals surface area contributed by atoms with Crippen LogP contribution >= 0.6 is 0 Å². The maximum absolute atomic E-state index is 13.1. The maximum atomic E-state index is 13.1. The van der Waals surface area contributed by atoms with E-state index in [0.29, 0.717) is 30.6 Å². The average molecular weight is 405 g/mol. The second kappa shape index (κ2) is 7.28. The van der Waals surface area contributed by atoms with Gasteiger partial charge in [-0.2, -0.15) is 0 Å². The molecule has 0 unspecified atom stereocenters. The number of carbonyl (C=O) groups is 2. The van der Waals surface area contributed by atoms with Crippen LogP contribution in [0.2, 0.25) is 0 Å². The molecule has 4 aliphatic rings. The summed E-state index contributed by atoms with van der Waals surface area (Å²) in [7, 11) is 1.59. The van der Waals surface area contributed by atoms with Crippen LogP contribution in [0.3, 0.4) is 0 Å². The summed E-state index contributed by atoms with van der Waals surface area (Å²) in [5, 5.41) is 9.79. The van der Waals surface area contributed by atoms with E-state index in [1.165, 1.54) is 5.57 Å². The Morgan fingerprint density at radius 2 is 1.90 bits per heavy atom. The molecule has 162 valence electrons. The first-order valence-electron chi connectivity index (χ1n) is 11.3. The second-order valence-electron chi connectivity index (χ2n) is 10.3. The zero-order chi connectivity index (χ0) is 21.0. The van der Waals surface area contributed by atoms with Crippen LogP contribution < -0.4 is 0 Å². The zero-order valence-electron chi connectivity index (χ0n) is 18.3. The predicted octanol–water partition coefficient (Wildman–Crippen LogP) is 3.83. The molecule has 7 atom stereocenters. The lowest BCUT2D eigenvalue weighted by molar-refractivity contribution is -0.234. The summed E-state index contributed by atoms with van der Waals surface area (Å²) < 4.78 is 11.7. The first-order chi connectivity index (χ1) is 13.7. The van der Waals surface area contributed by atoms with E-state index in [1.807, 2.05) is 13.0 Å². The lowest BCUT2D eigenvalue weighted by atomic mass is 9.46. The average Bonchev–Trinajstić information content (AvgIpc) is 3.01. The van der Waals surface area contributed by atoms with Crippen molar-refractivity contribution in [2.45, 2.75) is 84.0 Å².